The number of hydrogen-bond acceptors (Lipinski definition) is 4. The maximum Gasteiger partial charge on any atom is 0.338 e. The summed E-state index contributed by atoms with van der Waals surface area (Å²) in [4.78, 5) is 38.3. The second-order valence-electron chi connectivity index (χ2n) is 8.30. The minimum Gasteiger partial charge on any atom is -0.452 e. The van der Waals surface area contributed by atoms with Gasteiger partial charge in [0.25, 0.3) is 5.91 Å². The minimum absolute atomic E-state index is 0.0565. The Bertz CT molecular complexity index is 1000. The lowest BCUT2D eigenvalue weighted by Gasteiger charge is -2.20. The second kappa shape index (κ2) is 9.33. The van der Waals surface area contributed by atoms with Gasteiger partial charge < -0.3 is 15.0 Å². The van der Waals surface area contributed by atoms with Crippen LogP contribution in [0.5, 0.6) is 0 Å². The van der Waals surface area contributed by atoms with E-state index in [0.717, 1.165) is 24.8 Å². The van der Waals surface area contributed by atoms with Crippen LogP contribution in [0.1, 0.15) is 65.7 Å². The zero-order valence-electron chi connectivity index (χ0n) is 17.9. The monoisotopic (exact) mass is 420 g/mol. The zero-order valence-corrected chi connectivity index (χ0v) is 17.9. The van der Waals surface area contributed by atoms with Crippen LogP contribution >= 0.6 is 0 Å². The molecule has 2 aromatic carbocycles. The normalized spacial score (nSPS) is 16.5. The van der Waals surface area contributed by atoms with Crippen molar-refractivity contribution in [2.24, 2.45) is 0 Å². The molecular weight excluding hydrogens is 392 g/mol. The van der Waals surface area contributed by atoms with E-state index in [1.54, 1.807) is 29.2 Å². The fourth-order valence-corrected chi connectivity index (χ4v) is 4.33. The molecule has 1 heterocycles. The van der Waals surface area contributed by atoms with Crippen LogP contribution in [-0.4, -0.2) is 30.9 Å². The summed E-state index contributed by atoms with van der Waals surface area (Å²) < 4.78 is 5.21. The van der Waals surface area contributed by atoms with Crippen LogP contribution < -0.4 is 10.2 Å². The van der Waals surface area contributed by atoms with Crippen molar-refractivity contribution in [3.63, 3.8) is 0 Å². The minimum atomic E-state index is -0.579. The van der Waals surface area contributed by atoms with Crippen LogP contribution in [0.25, 0.3) is 0 Å². The van der Waals surface area contributed by atoms with E-state index in [1.165, 1.54) is 24.0 Å². The Labute approximate surface area is 182 Å². The largest absolute Gasteiger partial charge is 0.452 e. The molecule has 2 aromatic rings. The molecule has 0 bridgehead atoms. The summed E-state index contributed by atoms with van der Waals surface area (Å²) >= 11 is 0. The highest BCUT2D eigenvalue weighted by atomic mass is 16.5. The summed E-state index contributed by atoms with van der Waals surface area (Å²) in [6.07, 6.45) is 6.00. The van der Waals surface area contributed by atoms with E-state index >= 15 is 0 Å². The molecule has 6 heteroatoms. The maximum atomic E-state index is 12.4. The summed E-state index contributed by atoms with van der Waals surface area (Å²) in [7, 11) is 0. The van der Waals surface area contributed by atoms with E-state index in [2.05, 4.69) is 23.5 Å². The molecule has 1 N–H and O–H groups in total. The molecule has 31 heavy (non-hydrogen) atoms. The Hall–Kier alpha value is -3.15. The molecule has 0 saturated carbocycles. The van der Waals surface area contributed by atoms with E-state index in [1.807, 2.05) is 6.92 Å². The molecule has 0 aromatic heterocycles. The fourth-order valence-electron chi connectivity index (χ4n) is 4.33. The van der Waals surface area contributed by atoms with Crippen molar-refractivity contribution in [1.29, 1.82) is 0 Å². The topological polar surface area (TPSA) is 75.7 Å². The number of nitrogens with one attached hydrogen (secondary N) is 1. The number of benzene rings is 2. The number of rotatable bonds is 6. The Kier molecular flexibility index (Phi) is 6.35. The number of hydrogen-bond donors (Lipinski definition) is 1. The average molecular weight is 421 g/mol. The average Bonchev–Trinajstić information content (AvgIpc) is 3.23. The molecule has 162 valence electrons. The van der Waals surface area contributed by atoms with Gasteiger partial charge in [0.2, 0.25) is 5.91 Å². The molecule has 1 fully saturated rings. The van der Waals surface area contributed by atoms with Crippen molar-refractivity contribution in [2.45, 2.75) is 51.5 Å². The van der Waals surface area contributed by atoms with Gasteiger partial charge in [0.05, 0.1) is 11.6 Å². The van der Waals surface area contributed by atoms with Gasteiger partial charge >= 0.3 is 5.97 Å². The molecule has 0 radical (unpaired) electrons. The number of amides is 2. The van der Waals surface area contributed by atoms with Crippen LogP contribution in [0, 0.1) is 0 Å². The molecule has 4 rings (SSSR count). The predicted octanol–water partition coefficient (Wildman–Crippen LogP) is 3.73. The van der Waals surface area contributed by atoms with Gasteiger partial charge in [-0.2, -0.15) is 0 Å². The highest BCUT2D eigenvalue weighted by Crippen LogP contribution is 2.25. The van der Waals surface area contributed by atoms with Gasteiger partial charge in [0.15, 0.2) is 6.61 Å². The van der Waals surface area contributed by atoms with Crippen molar-refractivity contribution < 1.29 is 19.1 Å². The molecule has 2 aliphatic rings. The Balaban J connectivity index is 1.31. The Morgan fingerprint density at radius 1 is 1.03 bits per heavy atom. The first-order chi connectivity index (χ1) is 15.0. The zero-order chi connectivity index (χ0) is 21.8. The summed E-state index contributed by atoms with van der Waals surface area (Å²) in [6.45, 7) is 2.24. The number of carbonyl (C=O) groups is 3. The molecule has 1 aliphatic carbocycles. The fraction of sp³-hybridized carbons (Fsp3) is 0.400. The SMILES string of the molecule is C[C@H](NC(=O)COC(=O)c1cccc(N2CCCC2=O)c1)c1ccc2c(c1)CCCC2. The molecule has 6 nitrogen and oxygen atoms in total. The Morgan fingerprint density at radius 3 is 2.61 bits per heavy atom. The lowest BCUT2D eigenvalue weighted by molar-refractivity contribution is -0.124. The number of carbonyl (C=O) groups excluding carboxylic acids is 3. The molecular formula is C25H28N2O4. The van der Waals surface area contributed by atoms with Crippen molar-refractivity contribution >= 4 is 23.5 Å². The quantitative estimate of drug-likeness (QED) is 0.723. The van der Waals surface area contributed by atoms with Crippen molar-refractivity contribution in [3.8, 4) is 0 Å². The van der Waals surface area contributed by atoms with Crippen molar-refractivity contribution in [1.82, 2.24) is 5.32 Å². The third-order valence-electron chi connectivity index (χ3n) is 6.05. The van der Waals surface area contributed by atoms with Crippen LogP contribution in [0.2, 0.25) is 0 Å². The van der Waals surface area contributed by atoms with Gasteiger partial charge in [-0.3, -0.25) is 9.59 Å². The van der Waals surface area contributed by atoms with Gasteiger partial charge in [-0.1, -0.05) is 24.3 Å². The standard InChI is InChI=1S/C25H28N2O4/c1-17(19-12-11-18-6-2-3-7-20(18)14-19)26-23(28)16-31-25(30)21-8-4-9-22(15-21)27-13-5-10-24(27)29/h4,8-9,11-12,14-15,17H,2-3,5-7,10,13,16H2,1H3,(H,26,28)/t17-/m0/s1. The number of fused-ring (bicyclic) bond motifs is 1. The molecule has 1 saturated heterocycles. The number of nitrogens with zero attached hydrogens (tertiary/aromatic N) is 1. The van der Waals surface area contributed by atoms with E-state index in [4.69, 9.17) is 4.74 Å². The van der Waals surface area contributed by atoms with Crippen LogP contribution in [0.3, 0.4) is 0 Å². The summed E-state index contributed by atoms with van der Waals surface area (Å²) in [5.74, 6) is -0.865. The second-order valence-corrected chi connectivity index (χ2v) is 8.30. The van der Waals surface area contributed by atoms with E-state index in [-0.39, 0.29) is 24.5 Å². The summed E-state index contributed by atoms with van der Waals surface area (Å²) in [6, 6.07) is 13.0. The third kappa shape index (κ3) is 4.95. The van der Waals surface area contributed by atoms with Gasteiger partial charge in [-0.25, -0.2) is 4.79 Å². The number of anilines is 1. The summed E-state index contributed by atoms with van der Waals surface area (Å²) in [5.41, 5.74) is 4.84. The van der Waals surface area contributed by atoms with Gasteiger partial charge in [0.1, 0.15) is 0 Å². The maximum absolute atomic E-state index is 12.4. The van der Waals surface area contributed by atoms with Crippen LogP contribution in [-0.2, 0) is 27.2 Å². The lowest BCUT2D eigenvalue weighted by Crippen LogP contribution is -2.31. The number of aryl methyl sites for hydroxylation is 2. The van der Waals surface area contributed by atoms with Gasteiger partial charge in [-0.05, 0) is 73.9 Å². The van der Waals surface area contributed by atoms with Crippen LogP contribution in [0.15, 0.2) is 42.5 Å². The number of esters is 1. The van der Waals surface area contributed by atoms with Crippen molar-refractivity contribution in [2.75, 3.05) is 18.1 Å². The molecule has 2 amide bonds. The van der Waals surface area contributed by atoms with E-state index in [9.17, 15) is 14.4 Å². The van der Waals surface area contributed by atoms with E-state index in [0.29, 0.717) is 24.2 Å². The smallest absolute Gasteiger partial charge is 0.338 e. The predicted molar refractivity (Wildman–Crippen MR) is 118 cm³/mol. The number of ether oxygens (including phenoxy) is 1. The molecule has 0 spiro atoms. The highest BCUT2D eigenvalue weighted by Gasteiger charge is 2.23. The van der Waals surface area contributed by atoms with Crippen LogP contribution in [0.4, 0.5) is 5.69 Å². The molecule has 0 unspecified atom stereocenters. The third-order valence-corrected chi connectivity index (χ3v) is 6.05. The van der Waals surface area contributed by atoms with Gasteiger partial charge in [0, 0.05) is 18.7 Å². The van der Waals surface area contributed by atoms with E-state index < -0.39 is 5.97 Å². The van der Waals surface area contributed by atoms with Crippen molar-refractivity contribution in [3.05, 3.63) is 64.7 Å². The lowest BCUT2D eigenvalue weighted by atomic mass is 9.89. The first kappa shape index (κ1) is 21.1. The highest BCUT2D eigenvalue weighted by molar-refractivity contribution is 5.97. The molecule has 1 aliphatic heterocycles. The first-order valence-electron chi connectivity index (χ1n) is 11.0. The first-order valence-corrected chi connectivity index (χ1v) is 11.0. The Morgan fingerprint density at radius 2 is 1.84 bits per heavy atom. The summed E-state index contributed by atoms with van der Waals surface area (Å²) in [5, 5.41) is 2.90. The molecule has 1 atom stereocenters. The van der Waals surface area contributed by atoms with Gasteiger partial charge in [-0.15, -0.1) is 0 Å².